The molecule has 0 aromatic heterocycles. The highest BCUT2D eigenvalue weighted by Crippen LogP contribution is 2.44. The maximum absolute atomic E-state index is 11.9. The quantitative estimate of drug-likeness (QED) is 0.781. The summed E-state index contributed by atoms with van der Waals surface area (Å²) in [6.45, 7) is 4.59. The van der Waals surface area contributed by atoms with Crippen molar-refractivity contribution in [2.75, 3.05) is 19.6 Å². The zero-order chi connectivity index (χ0) is 19.7. The highest BCUT2D eigenvalue weighted by molar-refractivity contribution is 6.30. The number of allylic oxidation sites excluding steroid dienone is 7. The molecule has 4 rings (SSSR count). The Morgan fingerprint density at radius 3 is 2.75 bits per heavy atom. The summed E-state index contributed by atoms with van der Waals surface area (Å²) < 4.78 is 0. The van der Waals surface area contributed by atoms with Gasteiger partial charge in [-0.25, -0.2) is 0 Å². The predicted octanol–water partition coefficient (Wildman–Crippen LogP) is 4.76. The van der Waals surface area contributed by atoms with Crippen molar-refractivity contribution >= 4 is 17.6 Å². The van der Waals surface area contributed by atoms with Crippen molar-refractivity contribution in [2.24, 2.45) is 23.2 Å². The van der Waals surface area contributed by atoms with Gasteiger partial charge in [-0.3, -0.25) is 4.79 Å². The van der Waals surface area contributed by atoms with Crippen LogP contribution in [0.2, 0.25) is 5.02 Å². The molecular weight excluding hydrogens is 370 g/mol. The van der Waals surface area contributed by atoms with Crippen LogP contribution in [0, 0.1) is 23.2 Å². The highest BCUT2D eigenvalue weighted by Gasteiger charge is 2.41. The number of fused-ring (bicyclic) bond motifs is 1. The number of benzene rings is 1. The fourth-order valence-electron chi connectivity index (χ4n) is 4.80. The summed E-state index contributed by atoms with van der Waals surface area (Å²) in [5.41, 5.74) is 2.46. The maximum atomic E-state index is 11.9. The molecule has 2 aliphatic carbocycles. The Bertz CT molecular complexity index is 867. The van der Waals surface area contributed by atoms with Crippen LogP contribution in [0.4, 0.5) is 0 Å². The second kappa shape index (κ2) is 7.73. The third-order valence-electron chi connectivity index (χ3n) is 6.54. The van der Waals surface area contributed by atoms with E-state index < -0.39 is 5.97 Å². The average molecular weight is 396 g/mol. The summed E-state index contributed by atoms with van der Waals surface area (Å²) in [6.07, 6.45) is 16.0. The molecule has 0 saturated carbocycles. The monoisotopic (exact) mass is 395 g/mol. The molecule has 1 aliphatic heterocycles. The van der Waals surface area contributed by atoms with E-state index in [4.69, 9.17) is 11.6 Å². The van der Waals surface area contributed by atoms with Crippen molar-refractivity contribution in [3.63, 3.8) is 0 Å². The lowest BCUT2D eigenvalue weighted by Gasteiger charge is -2.40. The summed E-state index contributed by atoms with van der Waals surface area (Å²) in [4.78, 5) is 14.2. The van der Waals surface area contributed by atoms with E-state index in [1.165, 1.54) is 5.57 Å². The molecule has 1 aromatic carbocycles. The highest BCUT2D eigenvalue weighted by atomic mass is 35.5. The number of hydrogen-bond donors (Lipinski definition) is 1. The van der Waals surface area contributed by atoms with Crippen LogP contribution in [0.1, 0.15) is 12.5 Å². The maximum Gasteiger partial charge on any atom is 0.308 e. The standard InChI is InChI=1S/C24H26ClNO2/c1-24-12-3-2-5-19(24)6-4-7-20(24)15-26-14-18(22(16-26)23(27)28)13-17-8-10-21(25)11-9-17/h2-12,18,20,22H,13-16H2,1H3,(H,27,28)/t18-,20?,22-,24?/m0/s1. The van der Waals surface area contributed by atoms with Crippen molar-refractivity contribution < 1.29 is 9.90 Å². The first-order chi connectivity index (χ1) is 13.5. The number of aliphatic carboxylic acids is 1. The Hall–Kier alpha value is -2.10. The second-order valence-electron chi connectivity index (χ2n) is 8.37. The number of likely N-dealkylation sites (tertiary alicyclic amines) is 1. The van der Waals surface area contributed by atoms with E-state index in [0.717, 1.165) is 25.1 Å². The number of carboxylic acids is 1. The van der Waals surface area contributed by atoms with Gasteiger partial charge in [0.05, 0.1) is 5.92 Å². The minimum atomic E-state index is -0.687. The van der Waals surface area contributed by atoms with E-state index in [0.29, 0.717) is 17.5 Å². The summed E-state index contributed by atoms with van der Waals surface area (Å²) in [7, 11) is 0. The molecule has 146 valence electrons. The molecule has 0 amide bonds. The molecule has 2 unspecified atom stereocenters. The SMILES string of the molecule is CC12C=CC=CC1=CC=CC2CN1C[C@H](Cc2ccc(Cl)cc2)[C@@H](C(=O)O)C1. The van der Waals surface area contributed by atoms with Crippen LogP contribution in [0.15, 0.2) is 72.4 Å². The molecule has 1 aromatic rings. The van der Waals surface area contributed by atoms with E-state index >= 15 is 0 Å². The number of nitrogens with zero attached hydrogens (tertiary/aromatic N) is 1. The van der Waals surface area contributed by atoms with Crippen molar-refractivity contribution in [3.05, 3.63) is 83.0 Å². The van der Waals surface area contributed by atoms with Crippen molar-refractivity contribution in [1.82, 2.24) is 4.90 Å². The van der Waals surface area contributed by atoms with Crippen LogP contribution in [-0.2, 0) is 11.2 Å². The number of hydrogen-bond acceptors (Lipinski definition) is 2. The minimum Gasteiger partial charge on any atom is -0.481 e. The molecule has 3 aliphatic rings. The molecule has 1 saturated heterocycles. The Morgan fingerprint density at radius 1 is 1.21 bits per heavy atom. The van der Waals surface area contributed by atoms with Gasteiger partial charge in [0.2, 0.25) is 0 Å². The van der Waals surface area contributed by atoms with E-state index in [1.807, 2.05) is 24.3 Å². The van der Waals surface area contributed by atoms with E-state index in [9.17, 15) is 9.90 Å². The Balaban J connectivity index is 1.47. The van der Waals surface area contributed by atoms with Crippen LogP contribution in [0.3, 0.4) is 0 Å². The third kappa shape index (κ3) is 3.74. The summed E-state index contributed by atoms with van der Waals surface area (Å²) >= 11 is 5.98. The lowest BCUT2D eigenvalue weighted by Crippen LogP contribution is -2.38. The van der Waals surface area contributed by atoms with Crippen LogP contribution in [-0.4, -0.2) is 35.6 Å². The Kier molecular flexibility index (Phi) is 5.31. The van der Waals surface area contributed by atoms with Gasteiger partial charge in [-0.05, 0) is 35.6 Å². The molecule has 1 N–H and O–H groups in total. The van der Waals surface area contributed by atoms with Crippen LogP contribution >= 0.6 is 11.6 Å². The van der Waals surface area contributed by atoms with E-state index in [-0.39, 0.29) is 17.3 Å². The summed E-state index contributed by atoms with van der Waals surface area (Å²) in [5, 5.41) is 10.5. The molecule has 1 fully saturated rings. The van der Waals surface area contributed by atoms with E-state index in [2.05, 4.69) is 54.4 Å². The van der Waals surface area contributed by atoms with Gasteiger partial charge in [0.15, 0.2) is 0 Å². The zero-order valence-electron chi connectivity index (χ0n) is 16.1. The fraction of sp³-hybridized carbons (Fsp3) is 0.375. The lowest BCUT2D eigenvalue weighted by molar-refractivity contribution is -0.142. The minimum absolute atomic E-state index is 0.0174. The molecule has 1 heterocycles. The van der Waals surface area contributed by atoms with Crippen molar-refractivity contribution in [2.45, 2.75) is 13.3 Å². The first-order valence-electron chi connectivity index (χ1n) is 9.90. The molecular formula is C24H26ClNO2. The van der Waals surface area contributed by atoms with Gasteiger partial charge in [-0.2, -0.15) is 0 Å². The van der Waals surface area contributed by atoms with Crippen molar-refractivity contribution in [1.29, 1.82) is 0 Å². The fourth-order valence-corrected chi connectivity index (χ4v) is 4.93. The molecule has 0 radical (unpaired) electrons. The number of halogens is 1. The largest absolute Gasteiger partial charge is 0.481 e. The topological polar surface area (TPSA) is 40.5 Å². The smallest absolute Gasteiger partial charge is 0.308 e. The van der Waals surface area contributed by atoms with Crippen molar-refractivity contribution in [3.8, 4) is 0 Å². The molecule has 3 nitrogen and oxygen atoms in total. The van der Waals surface area contributed by atoms with E-state index in [1.54, 1.807) is 0 Å². The number of carboxylic acid groups (broad SMARTS) is 1. The molecule has 4 atom stereocenters. The van der Waals surface area contributed by atoms with Gasteiger partial charge in [0, 0.05) is 36.0 Å². The van der Waals surface area contributed by atoms with Gasteiger partial charge >= 0.3 is 5.97 Å². The van der Waals surface area contributed by atoms with Gasteiger partial charge in [0.25, 0.3) is 0 Å². The second-order valence-corrected chi connectivity index (χ2v) is 8.80. The van der Waals surface area contributed by atoms with Gasteiger partial charge < -0.3 is 10.0 Å². The molecule has 0 bridgehead atoms. The summed E-state index contributed by atoms with van der Waals surface area (Å²) in [5.74, 6) is -0.547. The van der Waals surface area contributed by atoms with Crippen LogP contribution in [0.25, 0.3) is 0 Å². The number of rotatable bonds is 5. The average Bonchev–Trinajstić information content (AvgIpc) is 3.07. The molecule has 4 heteroatoms. The third-order valence-corrected chi connectivity index (χ3v) is 6.79. The van der Waals surface area contributed by atoms with Gasteiger partial charge in [-0.1, -0.05) is 73.2 Å². The lowest BCUT2D eigenvalue weighted by atomic mass is 9.67. The summed E-state index contributed by atoms with van der Waals surface area (Å²) in [6, 6.07) is 7.77. The first kappa shape index (κ1) is 19.2. The normalized spacial score (nSPS) is 31.6. The van der Waals surface area contributed by atoms with Gasteiger partial charge in [-0.15, -0.1) is 0 Å². The number of carbonyl (C=O) groups is 1. The Morgan fingerprint density at radius 2 is 2.00 bits per heavy atom. The zero-order valence-corrected chi connectivity index (χ0v) is 16.8. The Labute approximate surface area is 171 Å². The predicted molar refractivity (Wildman–Crippen MR) is 113 cm³/mol. The van der Waals surface area contributed by atoms with Gasteiger partial charge in [0.1, 0.15) is 0 Å². The van der Waals surface area contributed by atoms with Crippen LogP contribution in [0.5, 0.6) is 0 Å². The van der Waals surface area contributed by atoms with Crippen LogP contribution < -0.4 is 0 Å². The first-order valence-corrected chi connectivity index (χ1v) is 10.3. The molecule has 28 heavy (non-hydrogen) atoms. The molecule has 0 spiro atoms.